The van der Waals surface area contributed by atoms with E-state index in [0.717, 1.165) is 13.0 Å². The third kappa shape index (κ3) is 5.82. The summed E-state index contributed by atoms with van der Waals surface area (Å²) in [5.41, 5.74) is 8.54. The Labute approximate surface area is 146 Å². The van der Waals surface area contributed by atoms with Crippen LogP contribution in [-0.4, -0.2) is 18.5 Å². The molecule has 3 N–H and O–H groups in total. The Morgan fingerprint density at radius 2 is 2.00 bits per heavy atom. The Kier molecular flexibility index (Phi) is 8.07. The lowest BCUT2D eigenvalue weighted by Gasteiger charge is -2.38. The third-order valence-corrected chi connectivity index (χ3v) is 4.89. The van der Waals surface area contributed by atoms with E-state index in [4.69, 9.17) is 5.73 Å². The summed E-state index contributed by atoms with van der Waals surface area (Å²) in [6.07, 6.45) is 7.44. The quantitative estimate of drug-likeness (QED) is 0.827. The zero-order valence-electron chi connectivity index (χ0n) is 14.4. The van der Waals surface area contributed by atoms with Crippen molar-refractivity contribution in [1.82, 2.24) is 5.32 Å². The number of nitrogens with two attached hydrogens (primary N) is 1. The lowest BCUT2D eigenvalue weighted by molar-refractivity contribution is -0.121. The topological polar surface area (TPSA) is 55.1 Å². The molecule has 1 saturated carbocycles. The van der Waals surface area contributed by atoms with Crippen LogP contribution in [0, 0.1) is 6.92 Å². The van der Waals surface area contributed by atoms with Crippen LogP contribution in [0.4, 0.5) is 0 Å². The van der Waals surface area contributed by atoms with E-state index in [2.05, 4.69) is 36.5 Å². The van der Waals surface area contributed by atoms with E-state index < -0.39 is 0 Å². The van der Waals surface area contributed by atoms with Gasteiger partial charge in [0.1, 0.15) is 0 Å². The van der Waals surface area contributed by atoms with Gasteiger partial charge in [-0.25, -0.2) is 0 Å². The van der Waals surface area contributed by atoms with Gasteiger partial charge in [-0.3, -0.25) is 4.79 Å². The van der Waals surface area contributed by atoms with Crippen LogP contribution in [0.1, 0.15) is 63.0 Å². The number of aryl methyl sites for hydroxylation is 1. The van der Waals surface area contributed by atoms with Crippen LogP contribution >= 0.6 is 12.4 Å². The summed E-state index contributed by atoms with van der Waals surface area (Å²) in [7, 11) is 0. The minimum Gasteiger partial charge on any atom is -0.355 e. The van der Waals surface area contributed by atoms with Gasteiger partial charge in [0.25, 0.3) is 0 Å². The summed E-state index contributed by atoms with van der Waals surface area (Å²) >= 11 is 0. The number of amides is 1. The lowest BCUT2D eigenvalue weighted by atomic mass is 9.69. The van der Waals surface area contributed by atoms with Crippen LogP contribution in [0.15, 0.2) is 24.3 Å². The summed E-state index contributed by atoms with van der Waals surface area (Å²) in [5.74, 6) is 0.134. The van der Waals surface area contributed by atoms with Crippen LogP contribution in [0.25, 0.3) is 0 Å². The van der Waals surface area contributed by atoms with Crippen molar-refractivity contribution in [3.8, 4) is 0 Å². The number of hydrogen-bond acceptors (Lipinski definition) is 2. The first-order valence-corrected chi connectivity index (χ1v) is 8.61. The second-order valence-electron chi connectivity index (χ2n) is 7.00. The van der Waals surface area contributed by atoms with Gasteiger partial charge in [0, 0.05) is 24.4 Å². The Hall–Kier alpha value is -1.06. The van der Waals surface area contributed by atoms with Crippen molar-refractivity contribution >= 4 is 18.3 Å². The summed E-state index contributed by atoms with van der Waals surface area (Å²) in [6, 6.07) is 8.89. The van der Waals surface area contributed by atoms with Crippen LogP contribution < -0.4 is 11.1 Å². The molecule has 1 unspecified atom stereocenters. The highest BCUT2D eigenvalue weighted by atomic mass is 35.5. The minimum atomic E-state index is 0. The van der Waals surface area contributed by atoms with Gasteiger partial charge < -0.3 is 11.1 Å². The molecule has 1 fully saturated rings. The first kappa shape index (κ1) is 20.0. The fourth-order valence-corrected chi connectivity index (χ4v) is 3.49. The number of carbonyl (C=O) groups is 1. The molecule has 0 bridgehead atoms. The maximum absolute atomic E-state index is 12.1. The monoisotopic (exact) mass is 338 g/mol. The van der Waals surface area contributed by atoms with E-state index in [1.54, 1.807) is 0 Å². The van der Waals surface area contributed by atoms with Gasteiger partial charge in [0.15, 0.2) is 0 Å². The van der Waals surface area contributed by atoms with Gasteiger partial charge in [-0.05, 0) is 38.7 Å². The van der Waals surface area contributed by atoms with E-state index in [9.17, 15) is 4.79 Å². The molecule has 1 aromatic carbocycles. The molecule has 0 heterocycles. The number of benzene rings is 1. The molecule has 1 amide bonds. The number of rotatable bonds is 6. The average Bonchev–Trinajstić information content (AvgIpc) is 2.52. The van der Waals surface area contributed by atoms with Crippen molar-refractivity contribution in [3.63, 3.8) is 0 Å². The molecule has 0 radical (unpaired) electrons. The molecule has 0 aromatic heterocycles. The Bertz CT molecular complexity index is 496. The normalized spacial score (nSPS) is 17.9. The van der Waals surface area contributed by atoms with Crippen molar-refractivity contribution in [3.05, 3.63) is 35.4 Å². The highest BCUT2D eigenvalue weighted by molar-refractivity contribution is 5.85. The molecule has 1 aliphatic rings. The number of nitrogens with one attached hydrogen (secondary N) is 1. The summed E-state index contributed by atoms with van der Waals surface area (Å²) in [5, 5.41) is 3.17. The first-order chi connectivity index (χ1) is 10.5. The van der Waals surface area contributed by atoms with Gasteiger partial charge >= 0.3 is 0 Å². The highest BCUT2D eigenvalue weighted by Crippen LogP contribution is 2.39. The second kappa shape index (κ2) is 9.29. The maximum atomic E-state index is 12.1. The van der Waals surface area contributed by atoms with Crippen LogP contribution in [-0.2, 0) is 10.2 Å². The molecule has 3 nitrogen and oxygen atoms in total. The SMILES string of the molecule is Cc1cccc(C2(CNC(=O)CCC(C)N)CCCCC2)c1.Cl. The van der Waals surface area contributed by atoms with Crippen molar-refractivity contribution in [2.75, 3.05) is 6.54 Å². The molecule has 130 valence electrons. The van der Waals surface area contributed by atoms with Gasteiger partial charge in [-0.15, -0.1) is 12.4 Å². The van der Waals surface area contributed by atoms with Gasteiger partial charge in [-0.1, -0.05) is 49.1 Å². The minimum absolute atomic E-state index is 0. The predicted octanol–water partition coefficient (Wildman–Crippen LogP) is 3.86. The smallest absolute Gasteiger partial charge is 0.220 e. The van der Waals surface area contributed by atoms with E-state index >= 15 is 0 Å². The van der Waals surface area contributed by atoms with E-state index in [1.165, 1.54) is 43.2 Å². The van der Waals surface area contributed by atoms with E-state index in [1.807, 2.05) is 6.92 Å². The number of carbonyl (C=O) groups excluding carboxylic acids is 1. The molecular formula is C19H31ClN2O. The zero-order chi connectivity index (χ0) is 16.0. The molecule has 1 aliphatic carbocycles. The third-order valence-electron chi connectivity index (χ3n) is 4.89. The number of hydrogen-bond donors (Lipinski definition) is 2. The first-order valence-electron chi connectivity index (χ1n) is 8.61. The molecule has 2 rings (SSSR count). The van der Waals surface area contributed by atoms with Gasteiger partial charge in [0.2, 0.25) is 5.91 Å². The van der Waals surface area contributed by atoms with Gasteiger partial charge in [-0.2, -0.15) is 0 Å². The summed E-state index contributed by atoms with van der Waals surface area (Å²) < 4.78 is 0. The molecule has 0 aliphatic heterocycles. The molecular weight excluding hydrogens is 308 g/mol. The average molecular weight is 339 g/mol. The number of halogens is 1. The van der Waals surface area contributed by atoms with Crippen LogP contribution in [0.5, 0.6) is 0 Å². The molecule has 0 spiro atoms. The molecule has 23 heavy (non-hydrogen) atoms. The fraction of sp³-hybridized carbons (Fsp3) is 0.632. The maximum Gasteiger partial charge on any atom is 0.220 e. The fourth-order valence-electron chi connectivity index (χ4n) is 3.49. The second-order valence-corrected chi connectivity index (χ2v) is 7.00. The summed E-state index contributed by atoms with van der Waals surface area (Å²) in [6.45, 7) is 4.85. The Morgan fingerprint density at radius 1 is 1.30 bits per heavy atom. The van der Waals surface area contributed by atoms with Crippen LogP contribution in [0.2, 0.25) is 0 Å². The Morgan fingerprint density at radius 3 is 2.61 bits per heavy atom. The van der Waals surface area contributed by atoms with Crippen molar-refractivity contribution in [1.29, 1.82) is 0 Å². The predicted molar refractivity (Wildman–Crippen MR) is 99.1 cm³/mol. The van der Waals surface area contributed by atoms with E-state index in [0.29, 0.717) is 6.42 Å². The van der Waals surface area contributed by atoms with Crippen molar-refractivity contribution < 1.29 is 4.79 Å². The largest absolute Gasteiger partial charge is 0.355 e. The van der Waals surface area contributed by atoms with Gasteiger partial charge in [0.05, 0.1) is 0 Å². The lowest BCUT2D eigenvalue weighted by Crippen LogP contribution is -2.42. The van der Waals surface area contributed by atoms with Crippen molar-refractivity contribution in [2.24, 2.45) is 5.73 Å². The standard InChI is InChI=1S/C19H30N2O.ClH/c1-15-7-6-8-17(13-15)19(11-4-3-5-12-19)14-21-18(22)10-9-16(2)20;/h6-8,13,16H,3-5,9-12,14,20H2,1-2H3,(H,21,22);1H. The molecule has 0 saturated heterocycles. The molecule has 1 atom stereocenters. The van der Waals surface area contributed by atoms with E-state index in [-0.39, 0.29) is 29.8 Å². The zero-order valence-corrected chi connectivity index (χ0v) is 15.3. The molecule has 1 aromatic rings. The van der Waals surface area contributed by atoms with Crippen molar-refractivity contribution in [2.45, 2.75) is 70.3 Å². The molecule has 4 heteroatoms. The Balaban J connectivity index is 0.00000264. The summed E-state index contributed by atoms with van der Waals surface area (Å²) in [4.78, 5) is 12.1. The highest BCUT2D eigenvalue weighted by Gasteiger charge is 2.34. The van der Waals surface area contributed by atoms with Crippen LogP contribution in [0.3, 0.4) is 0 Å².